The molecule has 0 radical (unpaired) electrons. The van der Waals surface area contributed by atoms with Crippen LogP contribution in [0.5, 0.6) is 17.2 Å². The van der Waals surface area contributed by atoms with Gasteiger partial charge >= 0.3 is 0 Å². The van der Waals surface area contributed by atoms with E-state index >= 15 is 0 Å². The maximum atomic E-state index is 13.7. The van der Waals surface area contributed by atoms with E-state index in [9.17, 15) is 34.8 Å². The molecule has 1 heterocycles. The van der Waals surface area contributed by atoms with Crippen LogP contribution in [0.1, 0.15) is 68.8 Å². The van der Waals surface area contributed by atoms with Gasteiger partial charge in [-0.15, -0.1) is 11.6 Å². The van der Waals surface area contributed by atoms with Gasteiger partial charge < -0.3 is 40.4 Å². The number of alkyl halides is 1. The third-order valence-corrected chi connectivity index (χ3v) is 8.03. The number of nitrogens with two attached hydrogens (primary N) is 1. The van der Waals surface area contributed by atoms with Gasteiger partial charge in [-0.25, -0.2) is 0 Å². The Morgan fingerprint density at radius 1 is 1.18 bits per heavy atom. The highest BCUT2D eigenvalue weighted by Gasteiger charge is 2.50. The fourth-order valence-corrected chi connectivity index (χ4v) is 5.98. The fourth-order valence-electron chi connectivity index (χ4n) is 5.73. The molecular weight excluding hydrogens is 534 g/mol. The number of aliphatic hydroxyl groups excluding tert-OH is 1. The summed E-state index contributed by atoms with van der Waals surface area (Å²) in [4.78, 5) is 39.9. The molecule has 6 N–H and O–H groups in total. The third-order valence-electron chi connectivity index (χ3n) is 7.78. The van der Waals surface area contributed by atoms with E-state index in [-0.39, 0.29) is 34.4 Å². The topological polar surface area (TPSA) is 186 Å². The van der Waals surface area contributed by atoms with Gasteiger partial charge in [0, 0.05) is 42.0 Å². The van der Waals surface area contributed by atoms with E-state index in [0.717, 1.165) is 0 Å². The Balaban J connectivity index is 1.69. The van der Waals surface area contributed by atoms with Crippen molar-refractivity contribution >= 4 is 29.0 Å². The van der Waals surface area contributed by atoms with Gasteiger partial charge in [-0.3, -0.25) is 14.4 Å². The van der Waals surface area contributed by atoms with Gasteiger partial charge in [0.2, 0.25) is 5.78 Å². The van der Waals surface area contributed by atoms with Crippen LogP contribution in [0.25, 0.3) is 0 Å². The van der Waals surface area contributed by atoms with Crippen molar-refractivity contribution in [1.29, 1.82) is 0 Å². The Bertz CT molecular complexity index is 1380. The molecule has 1 saturated heterocycles. The monoisotopic (exact) mass is 561 g/mol. The lowest BCUT2D eigenvalue weighted by atomic mass is 9.72. The first-order valence-corrected chi connectivity index (χ1v) is 12.9. The predicted octanol–water partition coefficient (Wildman–Crippen LogP) is 1.25. The molecule has 2 aromatic rings. The Hall–Kier alpha value is -3.06. The normalized spacial score (nSPS) is 29.8. The van der Waals surface area contributed by atoms with Gasteiger partial charge in [-0.05, 0) is 13.0 Å². The summed E-state index contributed by atoms with van der Waals surface area (Å²) >= 11 is 5.77. The van der Waals surface area contributed by atoms with Gasteiger partial charge in [0.05, 0.1) is 48.0 Å². The number of hydrogen-bond donors (Lipinski definition) is 5. The number of aliphatic hydroxyl groups is 2. The molecular formula is C27H28ClNO10. The van der Waals surface area contributed by atoms with Crippen molar-refractivity contribution in [3.8, 4) is 17.2 Å². The Labute approximate surface area is 228 Å². The zero-order chi connectivity index (χ0) is 28.4. The number of carbonyl (C=O) groups is 3. The number of benzene rings is 2. The van der Waals surface area contributed by atoms with Crippen LogP contribution in [0.15, 0.2) is 18.2 Å². The van der Waals surface area contributed by atoms with Gasteiger partial charge in [-0.1, -0.05) is 12.1 Å². The first-order valence-electron chi connectivity index (χ1n) is 12.4. The molecule has 3 aliphatic rings. The minimum atomic E-state index is -2.12. The lowest BCUT2D eigenvalue weighted by Crippen LogP contribution is -2.52. The van der Waals surface area contributed by atoms with Crippen molar-refractivity contribution in [2.45, 2.75) is 62.4 Å². The molecule has 1 fully saturated rings. The molecule has 0 aromatic heterocycles. The number of rotatable bonds is 5. The second-order valence-electron chi connectivity index (χ2n) is 10.1. The summed E-state index contributed by atoms with van der Waals surface area (Å²) in [5.74, 6) is -3.99. The number of phenolic OH excluding ortho intramolecular Hbond substituents is 2. The molecule has 39 heavy (non-hydrogen) atoms. The minimum absolute atomic E-state index is 0.0330. The minimum Gasteiger partial charge on any atom is -0.507 e. The number of aromatic hydroxyl groups is 2. The van der Waals surface area contributed by atoms with Crippen molar-refractivity contribution in [3.05, 3.63) is 51.6 Å². The average molecular weight is 562 g/mol. The van der Waals surface area contributed by atoms with Crippen LogP contribution in [0, 0.1) is 0 Å². The first-order chi connectivity index (χ1) is 18.4. The van der Waals surface area contributed by atoms with Crippen LogP contribution in [-0.4, -0.2) is 80.9 Å². The van der Waals surface area contributed by atoms with Crippen LogP contribution in [0.4, 0.5) is 0 Å². The van der Waals surface area contributed by atoms with Crippen LogP contribution < -0.4 is 10.5 Å². The highest BCUT2D eigenvalue weighted by molar-refractivity contribution is 6.31. The van der Waals surface area contributed by atoms with Gasteiger partial charge in [0.25, 0.3) is 0 Å². The molecule has 4 unspecified atom stereocenters. The summed E-state index contributed by atoms with van der Waals surface area (Å²) in [6.45, 7) is 1.59. The highest BCUT2D eigenvalue weighted by Crippen LogP contribution is 2.52. The summed E-state index contributed by atoms with van der Waals surface area (Å²) in [7, 11) is 1.33. The molecule has 0 bridgehead atoms. The number of hydrogen-bond acceptors (Lipinski definition) is 11. The number of ketones is 3. The molecule has 12 heteroatoms. The molecule has 1 aliphatic heterocycles. The van der Waals surface area contributed by atoms with Gasteiger partial charge in [0.1, 0.15) is 22.8 Å². The van der Waals surface area contributed by atoms with Crippen molar-refractivity contribution in [2.24, 2.45) is 5.73 Å². The van der Waals surface area contributed by atoms with Crippen molar-refractivity contribution < 1.29 is 49.0 Å². The molecule has 0 amide bonds. The summed E-state index contributed by atoms with van der Waals surface area (Å²) in [6, 6.07) is 3.69. The van der Waals surface area contributed by atoms with Crippen LogP contribution >= 0.6 is 11.6 Å². The van der Waals surface area contributed by atoms with E-state index in [2.05, 4.69) is 0 Å². The number of phenols is 2. The average Bonchev–Trinajstić information content (AvgIpc) is 2.90. The maximum absolute atomic E-state index is 13.7. The Morgan fingerprint density at radius 2 is 1.87 bits per heavy atom. The maximum Gasteiger partial charge on any atom is 0.202 e. The predicted molar refractivity (Wildman–Crippen MR) is 135 cm³/mol. The Morgan fingerprint density at radius 3 is 2.51 bits per heavy atom. The largest absolute Gasteiger partial charge is 0.507 e. The van der Waals surface area contributed by atoms with E-state index < -0.39 is 94.9 Å². The van der Waals surface area contributed by atoms with Crippen LogP contribution in [0.3, 0.4) is 0 Å². The van der Waals surface area contributed by atoms with Gasteiger partial charge in [0.15, 0.2) is 17.9 Å². The smallest absolute Gasteiger partial charge is 0.202 e. The van der Waals surface area contributed by atoms with E-state index in [4.69, 9.17) is 31.5 Å². The van der Waals surface area contributed by atoms with E-state index in [0.29, 0.717) is 0 Å². The first kappa shape index (κ1) is 27.5. The summed E-state index contributed by atoms with van der Waals surface area (Å²) in [6.07, 6.45) is -4.83. The standard InChI is InChI=1S/C27H28ClNO10/c1-10-22(31)13(29)6-17(38-10)39-15-8-27(36,16(30)9-28)7-12-19(15)26(35)21-20(24(12)33)23(32)11-4-3-5-14(37-2)18(11)25(21)34/h3-5,10,13,15,17,22,31,33,35-36H,6-9,29H2,1-2H3/t10?,13?,15-,17?,22?,27-/m1/s1. The lowest BCUT2D eigenvalue weighted by molar-refractivity contribution is -0.247. The molecule has 0 spiro atoms. The van der Waals surface area contributed by atoms with Gasteiger partial charge in [-0.2, -0.15) is 0 Å². The van der Waals surface area contributed by atoms with Crippen molar-refractivity contribution in [3.63, 3.8) is 0 Å². The second kappa shape index (κ2) is 9.84. The zero-order valence-electron chi connectivity index (χ0n) is 21.1. The third kappa shape index (κ3) is 4.21. The molecule has 0 saturated carbocycles. The molecule has 2 aliphatic carbocycles. The summed E-state index contributed by atoms with van der Waals surface area (Å²) in [5.41, 5.74) is 2.69. The van der Waals surface area contributed by atoms with Crippen molar-refractivity contribution in [2.75, 3.05) is 13.0 Å². The quantitative estimate of drug-likeness (QED) is 0.223. The van der Waals surface area contributed by atoms with E-state index in [1.54, 1.807) is 6.92 Å². The number of fused-ring (bicyclic) bond motifs is 3. The SMILES string of the molecule is COc1cccc2c1C(=O)c1c(O)c3c(c(O)c1C2=O)C[C@](O)(C(=O)CCl)C[C@H]3OC1CC(N)C(O)C(C)O1. The number of Topliss-reactive ketones (excluding diaryl/α,β-unsaturated/α-hetero) is 1. The fraction of sp³-hybridized carbons (Fsp3) is 0.444. The molecule has 11 nitrogen and oxygen atoms in total. The van der Waals surface area contributed by atoms with Crippen LogP contribution in [0.2, 0.25) is 0 Å². The number of halogens is 1. The number of ether oxygens (including phenoxy) is 3. The highest BCUT2D eigenvalue weighted by atomic mass is 35.5. The zero-order valence-corrected chi connectivity index (χ0v) is 21.9. The molecule has 2 aromatic carbocycles. The summed E-state index contributed by atoms with van der Waals surface area (Å²) < 4.78 is 17.1. The number of methoxy groups -OCH3 is 1. The lowest BCUT2D eigenvalue weighted by Gasteiger charge is -2.42. The van der Waals surface area contributed by atoms with Crippen molar-refractivity contribution in [1.82, 2.24) is 0 Å². The second-order valence-corrected chi connectivity index (χ2v) is 10.4. The molecule has 5 rings (SSSR count). The van der Waals surface area contributed by atoms with Crippen LogP contribution in [-0.2, 0) is 20.7 Å². The molecule has 208 valence electrons. The Kier molecular flexibility index (Phi) is 6.94. The molecule has 6 atom stereocenters. The summed E-state index contributed by atoms with van der Waals surface area (Å²) in [5, 5.41) is 44.3. The van der Waals surface area contributed by atoms with E-state index in [1.807, 2.05) is 0 Å². The number of carbonyl (C=O) groups excluding carboxylic acids is 3. The van der Waals surface area contributed by atoms with E-state index in [1.165, 1.54) is 25.3 Å².